The van der Waals surface area contributed by atoms with Gasteiger partial charge >= 0.3 is 0 Å². The molecule has 20 heavy (non-hydrogen) atoms. The molecule has 112 valence electrons. The molecule has 2 unspecified atom stereocenters. The number of hydrogen-bond acceptors (Lipinski definition) is 5. The summed E-state index contributed by atoms with van der Waals surface area (Å²) in [4.78, 5) is 2.23. The SMILES string of the molecule is COCC(C)N(C)C(CN)c1ccc2c(c1)OCCO2. The van der Waals surface area contributed by atoms with Crippen molar-refractivity contribution < 1.29 is 14.2 Å². The van der Waals surface area contributed by atoms with Crippen molar-refractivity contribution in [2.45, 2.75) is 19.0 Å². The molecule has 2 atom stereocenters. The van der Waals surface area contributed by atoms with Crippen LogP contribution in [0, 0.1) is 0 Å². The van der Waals surface area contributed by atoms with Crippen molar-refractivity contribution in [2.24, 2.45) is 5.73 Å². The molecule has 2 N–H and O–H groups in total. The molecule has 0 amide bonds. The normalized spacial score (nSPS) is 17.1. The van der Waals surface area contributed by atoms with Gasteiger partial charge in [0.1, 0.15) is 13.2 Å². The monoisotopic (exact) mass is 280 g/mol. The van der Waals surface area contributed by atoms with Gasteiger partial charge in [0.2, 0.25) is 0 Å². The fourth-order valence-corrected chi connectivity index (χ4v) is 2.47. The Kier molecular flexibility index (Phi) is 5.23. The van der Waals surface area contributed by atoms with Gasteiger partial charge in [-0.25, -0.2) is 0 Å². The fraction of sp³-hybridized carbons (Fsp3) is 0.600. The van der Waals surface area contributed by atoms with Crippen molar-refractivity contribution in [3.05, 3.63) is 23.8 Å². The number of fused-ring (bicyclic) bond motifs is 1. The highest BCUT2D eigenvalue weighted by atomic mass is 16.6. The van der Waals surface area contributed by atoms with Gasteiger partial charge in [0.15, 0.2) is 11.5 Å². The number of likely N-dealkylation sites (N-methyl/N-ethyl adjacent to an activating group) is 1. The van der Waals surface area contributed by atoms with Crippen LogP contribution in [0.3, 0.4) is 0 Å². The number of methoxy groups -OCH3 is 1. The van der Waals surface area contributed by atoms with Crippen LogP contribution in [0.1, 0.15) is 18.5 Å². The number of nitrogens with zero attached hydrogens (tertiary/aromatic N) is 1. The minimum atomic E-state index is 0.135. The van der Waals surface area contributed by atoms with Gasteiger partial charge in [-0.3, -0.25) is 4.90 Å². The first-order valence-corrected chi connectivity index (χ1v) is 6.97. The Morgan fingerprint density at radius 3 is 2.65 bits per heavy atom. The lowest BCUT2D eigenvalue weighted by atomic mass is 10.0. The van der Waals surface area contributed by atoms with Gasteiger partial charge in [-0.15, -0.1) is 0 Å². The molecule has 1 aromatic carbocycles. The molecule has 0 bridgehead atoms. The Hall–Kier alpha value is -1.30. The van der Waals surface area contributed by atoms with Crippen molar-refractivity contribution in [2.75, 3.05) is 40.5 Å². The van der Waals surface area contributed by atoms with Crippen LogP contribution in [-0.4, -0.2) is 51.5 Å². The Morgan fingerprint density at radius 2 is 2.00 bits per heavy atom. The smallest absolute Gasteiger partial charge is 0.161 e. The summed E-state index contributed by atoms with van der Waals surface area (Å²) < 4.78 is 16.4. The van der Waals surface area contributed by atoms with Crippen molar-refractivity contribution >= 4 is 0 Å². The molecule has 2 rings (SSSR count). The van der Waals surface area contributed by atoms with Crippen molar-refractivity contribution in [1.82, 2.24) is 4.90 Å². The lowest BCUT2D eigenvalue weighted by molar-refractivity contribution is 0.0907. The van der Waals surface area contributed by atoms with E-state index in [0.717, 1.165) is 17.1 Å². The highest BCUT2D eigenvalue weighted by molar-refractivity contribution is 5.44. The standard InChI is InChI=1S/C15H24N2O3/c1-11(10-18-3)17(2)13(9-16)12-4-5-14-15(8-12)20-7-6-19-14/h4-5,8,11,13H,6-7,9-10,16H2,1-3H3. The molecule has 0 fully saturated rings. The van der Waals surface area contributed by atoms with E-state index in [4.69, 9.17) is 19.9 Å². The highest BCUT2D eigenvalue weighted by Crippen LogP contribution is 2.33. The molecule has 5 nitrogen and oxygen atoms in total. The molecule has 1 aliphatic rings. The van der Waals surface area contributed by atoms with E-state index >= 15 is 0 Å². The number of rotatable bonds is 6. The van der Waals surface area contributed by atoms with Gasteiger partial charge in [-0.05, 0) is 31.7 Å². The van der Waals surface area contributed by atoms with E-state index in [9.17, 15) is 0 Å². The lowest BCUT2D eigenvalue weighted by Crippen LogP contribution is -2.39. The van der Waals surface area contributed by atoms with E-state index in [0.29, 0.717) is 32.4 Å². The zero-order chi connectivity index (χ0) is 14.5. The van der Waals surface area contributed by atoms with Gasteiger partial charge in [0.25, 0.3) is 0 Å². The van der Waals surface area contributed by atoms with Crippen LogP contribution in [0.5, 0.6) is 11.5 Å². The van der Waals surface area contributed by atoms with Crippen LogP contribution >= 0.6 is 0 Å². The summed E-state index contributed by atoms with van der Waals surface area (Å²) in [5, 5.41) is 0. The van der Waals surface area contributed by atoms with Gasteiger partial charge in [-0.2, -0.15) is 0 Å². The van der Waals surface area contributed by atoms with E-state index in [1.54, 1.807) is 7.11 Å². The maximum absolute atomic E-state index is 5.96. The highest BCUT2D eigenvalue weighted by Gasteiger charge is 2.22. The predicted molar refractivity (Wildman–Crippen MR) is 78.3 cm³/mol. The molecule has 1 heterocycles. The molecule has 0 saturated carbocycles. The largest absolute Gasteiger partial charge is 0.486 e. The summed E-state index contributed by atoms with van der Waals surface area (Å²) >= 11 is 0. The number of nitrogens with two attached hydrogens (primary N) is 1. The number of hydrogen-bond donors (Lipinski definition) is 1. The van der Waals surface area contributed by atoms with Crippen molar-refractivity contribution in [3.63, 3.8) is 0 Å². The lowest BCUT2D eigenvalue weighted by Gasteiger charge is -2.33. The molecule has 1 aliphatic heterocycles. The van der Waals surface area contributed by atoms with Crippen LogP contribution in [0.15, 0.2) is 18.2 Å². The summed E-state index contributed by atoms with van der Waals surface area (Å²) in [6.07, 6.45) is 0. The van der Waals surface area contributed by atoms with Gasteiger partial charge in [0.05, 0.1) is 6.61 Å². The Morgan fingerprint density at radius 1 is 1.30 bits per heavy atom. The third kappa shape index (κ3) is 3.23. The molecule has 5 heteroatoms. The second-order valence-electron chi connectivity index (χ2n) is 5.12. The molecule has 1 aromatic rings. The zero-order valence-electron chi connectivity index (χ0n) is 12.5. The van der Waals surface area contributed by atoms with Crippen LogP contribution in [0.4, 0.5) is 0 Å². The van der Waals surface area contributed by atoms with Crippen molar-refractivity contribution in [3.8, 4) is 11.5 Å². The van der Waals surface area contributed by atoms with E-state index in [1.165, 1.54) is 0 Å². The summed E-state index contributed by atoms with van der Waals surface area (Å²) in [5.41, 5.74) is 7.10. The van der Waals surface area contributed by atoms with Crippen LogP contribution in [0.25, 0.3) is 0 Å². The second-order valence-corrected chi connectivity index (χ2v) is 5.12. The average molecular weight is 280 g/mol. The first-order chi connectivity index (χ1) is 9.67. The summed E-state index contributed by atoms with van der Waals surface area (Å²) in [7, 11) is 3.78. The average Bonchev–Trinajstić information content (AvgIpc) is 2.48. The van der Waals surface area contributed by atoms with Crippen LogP contribution < -0.4 is 15.2 Å². The van der Waals surface area contributed by atoms with E-state index in [-0.39, 0.29) is 6.04 Å². The van der Waals surface area contributed by atoms with Gasteiger partial charge in [0, 0.05) is 25.7 Å². The van der Waals surface area contributed by atoms with Gasteiger partial charge in [-0.1, -0.05) is 6.07 Å². The molecular weight excluding hydrogens is 256 g/mol. The quantitative estimate of drug-likeness (QED) is 0.854. The topological polar surface area (TPSA) is 57.0 Å². The third-order valence-corrected chi connectivity index (χ3v) is 3.77. The predicted octanol–water partition coefficient (Wildman–Crippen LogP) is 1.42. The molecule has 0 aromatic heterocycles. The molecule has 0 aliphatic carbocycles. The second kappa shape index (κ2) is 6.92. The maximum Gasteiger partial charge on any atom is 0.161 e. The Balaban J connectivity index is 2.18. The van der Waals surface area contributed by atoms with Crippen LogP contribution in [-0.2, 0) is 4.74 Å². The minimum absolute atomic E-state index is 0.135. The van der Waals surface area contributed by atoms with Crippen molar-refractivity contribution in [1.29, 1.82) is 0 Å². The molecular formula is C15H24N2O3. The summed E-state index contributed by atoms with van der Waals surface area (Å²) in [6.45, 7) is 4.56. The maximum atomic E-state index is 5.96. The number of benzene rings is 1. The third-order valence-electron chi connectivity index (χ3n) is 3.77. The fourth-order valence-electron chi connectivity index (χ4n) is 2.47. The minimum Gasteiger partial charge on any atom is -0.486 e. The van der Waals surface area contributed by atoms with Crippen LogP contribution in [0.2, 0.25) is 0 Å². The Labute approximate surface area is 120 Å². The van der Waals surface area contributed by atoms with Gasteiger partial charge < -0.3 is 19.9 Å². The molecule has 0 saturated heterocycles. The van der Waals surface area contributed by atoms with E-state index in [2.05, 4.69) is 24.9 Å². The first kappa shape index (κ1) is 15.1. The zero-order valence-corrected chi connectivity index (χ0v) is 12.5. The van der Waals surface area contributed by atoms with E-state index < -0.39 is 0 Å². The first-order valence-electron chi connectivity index (χ1n) is 6.97. The summed E-state index contributed by atoms with van der Waals surface area (Å²) in [6, 6.07) is 6.47. The summed E-state index contributed by atoms with van der Waals surface area (Å²) in [5.74, 6) is 1.61. The molecule has 0 radical (unpaired) electrons. The molecule has 0 spiro atoms. The Bertz CT molecular complexity index is 439. The number of ether oxygens (including phenoxy) is 3. The van der Waals surface area contributed by atoms with E-state index in [1.807, 2.05) is 12.1 Å².